The molecule has 0 aromatic heterocycles. The molecule has 1 amide bonds. The Morgan fingerprint density at radius 2 is 2.04 bits per heavy atom. The molecular weight excluding hydrogens is 344 g/mol. The third-order valence-corrected chi connectivity index (χ3v) is 4.12. The van der Waals surface area contributed by atoms with E-state index in [2.05, 4.69) is 10.2 Å². The summed E-state index contributed by atoms with van der Waals surface area (Å²) < 4.78 is 0. The Kier molecular flexibility index (Phi) is 6.25. The van der Waals surface area contributed by atoms with E-state index in [-0.39, 0.29) is 5.57 Å². The summed E-state index contributed by atoms with van der Waals surface area (Å²) in [5, 5.41) is 20.9. The van der Waals surface area contributed by atoms with Gasteiger partial charge in [0, 0.05) is 43.1 Å². The monoisotopic (exact) mass is 362 g/mol. The molecule has 1 aliphatic rings. The van der Waals surface area contributed by atoms with Crippen LogP contribution in [0.2, 0.25) is 5.02 Å². The zero-order valence-corrected chi connectivity index (χ0v) is 14.5. The zero-order chi connectivity index (χ0) is 18.4. The molecular formula is C17H19ClN4O3. The lowest BCUT2D eigenvalue weighted by molar-refractivity contribution is -0.140. The summed E-state index contributed by atoms with van der Waals surface area (Å²) in [5.74, 6) is -1.84. The number of carboxylic acids is 1. The Labute approximate surface area is 151 Å². The van der Waals surface area contributed by atoms with E-state index in [9.17, 15) is 9.59 Å². The van der Waals surface area contributed by atoms with Crippen LogP contribution < -0.4 is 10.2 Å². The highest BCUT2D eigenvalue weighted by atomic mass is 35.5. The average molecular weight is 363 g/mol. The van der Waals surface area contributed by atoms with Crippen LogP contribution >= 0.6 is 11.6 Å². The first kappa shape index (κ1) is 18.6. The van der Waals surface area contributed by atoms with E-state index < -0.39 is 17.9 Å². The van der Waals surface area contributed by atoms with Crippen LogP contribution in [0.5, 0.6) is 0 Å². The average Bonchev–Trinajstić information content (AvgIpc) is 2.60. The van der Waals surface area contributed by atoms with Crippen molar-refractivity contribution in [3.63, 3.8) is 0 Å². The van der Waals surface area contributed by atoms with Crippen LogP contribution in [0.4, 0.5) is 5.69 Å². The van der Waals surface area contributed by atoms with Gasteiger partial charge in [-0.3, -0.25) is 9.59 Å². The second-order valence-electron chi connectivity index (χ2n) is 5.69. The minimum absolute atomic E-state index is 0.107. The second kappa shape index (κ2) is 8.40. The van der Waals surface area contributed by atoms with Crippen LogP contribution in [0.25, 0.3) is 0 Å². The minimum Gasteiger partial charge on any atom is -0.480 e. The number of piperazine rings is 1. The molecule has 0 saturated carbocycles. The van der Waals surface area contributed by atoms with Gasteiger partial charge >= 0.3 is 5.97 Å². The summed E-state index contributed by atoms with van der Waals surface area (Å²) in [6.07, 6.45) is 1.49. The van der Waals surface area contributed by atoms with Crippen LogP contribution in [0.3, 0.4) is 0 Å². The highest BCUT2D eigenvalue weighted by Gasteiger charge is 2.20. The number of carbonyl (C=O) groups excluding carboxylic acids is 1. The maximum Gasteiger partial charge on any atom is 0.325 e. The Morgan fingerprint density at radius 3 is 2.60 bits per heavy atom. The lowest BCUT2D eigenvalue weighted by Crippen LogP contribution is -2.45. The van der Waals surface area contributed by atoms with E-state index in [0.29, 0.717) is 18.1 Å². The molecule has 0 bridgehead atoms. The number of benzene rings is 1. The highest BCUT2D eigenvalue weighted by molar-refractivity contribution is 6.30. The van der Waals surface area contributed by atoms with E-state index in [0.717, 1.165) is 18.8 Å². The van der Waals surface area contributed by atoms with Crippen molar-refractivity contribution in [2.75, 3.05) is 31.1 Å². The van der Waals surface area contributed by atoms with Crippen molar-refractivity contribution in [1.82, 2.24) is 10.2 Å². The van der Waals surface area contributed by atoms with Crippen molar-refractivity contribution in [3.05, 3.63) is 41.1 Å². The SMILES string of the molecule is CC(NC(=O)/C(C#N)=C\N1CCN(c2cccc(Cl)c2)CC1)C(=O)O. The number of nitrogens with one attached hydrogen (secondary N) is 1. The molecule has 1 fully saturated rings. The summed E-state index contributed by atoms with van der Waals surface area (Å²) in [6.45, 7) is 4.07. The Hall–Kier alpha value is -2.72. The molecule has 1 heterocycles. The number of halogens is 1. The second-order valence-corrected chi connectivity index (χ2v) is 6.13. The van der Waals surface area contributed by atoms with Gasteiger partial charge in [0.1, 0.15) is 17.7 Å². The summed E-state index contributed by atoms with van der Waals surface area (Å²) in [6, 6.07) is 8.37. The van der Waals surface area contributed by atoms with Gasteiger partial charge in [0.25, 0.3) is 5.91 Å². The molecule has 1 aromatic carbocycles. The van der Waals surface area contributed by atoms with Crippen molar-refractivity contribution < 1.29 is 14.7 Å². The number of rotatable bonds is 5. The van der Waals surface area contributed by atoms with Gasteiger partial charge < -0.3 is 20.2 Å². The van der Waals surface area contributed by atoms with Gasteiger partial charge in [0.15, 0.2) is 0 Å². The third kappa shape index (κ3) is 5.13. The molecule has 1 atom stereocenters. The first-order chi connectivity index (χ1) is 11.9. The fourth-order valence-electron chi connectivity index (χ4n) is 2.44. The van der Waals surface area contributed by atoms with Crippen LogP contribution in [-0.2, 0) is 9.59 Å². The van der Waals surface area contributed by atoms with Crippen LogP contribution in [0.15, 0.2) is 36.0 Å². The number of nitriles is 1. The van der Waals surface area contributed by atoms with E-state index in [1.807, 2.05) is 35.2 Å². The molecule has 7 nitrogen and oxygen atoms in total. The summed E-state index contributed by atoms with van der Waals surface area (Å²) >= 11 is 6.01. The number of anilines is 1. The van der Waals surface area contributed by atoms with Gasteiger partial charge in [0.05, 0.1) is 0 Å². The van der Waals surface area contributed by atoms with Crippen molar-refractivity contribution in [2.24, 2.45) is 0 Å². The molecule has 2 N–H and O–H groups in total. The largest absolute Gasteiger partial charge is 0.480 e. The number of carbonyl (C=O) groups is 2. The first-order valence-electron chi connectivity index (χ1n) is 7.81. The van der Waals surface area contributed by atoms with Gasteiger partial charge in [-0.25, -0.2) is 0 Å². The summed E-state index contributed by atoms with van der Waals surface area (Å²) in [7, 11) is 0. The maximum absolute atomic E-state index is 12.0. The predicted molar refractivity (Wildman–Crippen MR) is 94.2 cm³/mol. The number of amides is 1. The molecule has 1 aromatic rings. The maximum atomic E-state index is 12.0. The van der Waals surface area contributed by atoms with Crippen molar-refractivity contribution in [3.8, 4) is 6.07 Å². The normalized spacial score (nSPS) is 16.1. The Balaban J connectivity index is 1.96. The fourth-order valence-corrected chi connectivity index (χ4v) is 2.62. The number of nitrogens with zero attached hydrogens (tertiary/aromatic N) is 3. The van der Waals surface area contributed by atoms with E-state index in [4.69, 9.17) is 22.0 Å². The molecule has 25 heavy (non-hydrogen) atoms. The lowest BCUT2D eigenvalue weighted by atomic mass is 10.2. The number of hydrogen-bond donors (Lipinski definition) is 2. The van der Waals surface area contributed by atoms with Crippen LogP contribution in [-0.4, -0.2) is 54.1 Å². The zero-order valence-electron chi connectivity index (χ0n) is 13.8. The van der Waals surface area contributed by atoms with E-state index >= 15 is 0 Å². The van der Waals surface area contributed by atoms with Gasteiger partial charge in [-0.15, -0.1) is 0 Å². The predicted octanol–water partition coefficient (Wildman–Crippen LogP) is 1.46. The number of carboxylic acid groups (broad SMARTS) is 1. The van der Waals surface area contributed by atoms with E-state index in [1.165, 1.54) is 13.1 Å². The van der Waals surface area contributed by atoms with Crippen LogP contribution in [0, 0.1) is 11.3 Å². The molecule has 0 aliphatic carbocycles. The standard InChI is InChI=1S/C17H19ClN4O3/c1-12(17(24)25)20-16(23)13(10-19)11-21-5-7-22(8-6-21)15-4-2-3-14(18)9-15/h2-4,9,11-12H,5-8H2,1H3,(H,20,23)(H,24,25)/b13-11-. The first-order valence-corrected chi connectivity index (χ1v) is 8.18. The van der Waals surface area contributed by atoms with Gasteiger partial charge in [0.2, 0.25) is 0 Å². The third-order valence-electron chi connectivity index (χ3n) is 3.88. The minimum atomic E-state index is -1.15. The highest BCUT2D eigenvalue weighted by Crippen LogP contribution is 2.21. The quantitative estimate of drug-likeness (QED) is 0.608. The Morgan fingerprint density at radius 1 is 1.36 bits per heavy atom. The van der Waals surface area contributed by atoms with Crippen LogP contribution in [0.1, 0.15) is 6.92 Å². The van der Waals surface area contributed by atoms with Gasteiger partial charge in [-0.1, -0.05) is 17.7 Å². The van der Waals surface area contributed by atoms with Gasteiger partial charge in [-0.05, 0) is 25.1 Å². The lowest BCUT2D eigenvalue weighted by Gasteiger charge is -2.35. The van der Waals surface area contributed by atoms with Crippen molar-refractivity contribution in [2.45, 2.75) is 13.0 Å². The van der Waals surface area contributed by atoms with Crippen molar-refractivity contribution in [1.29, 1.82) is 5.26 Å². The summed E-state index contributed by atoms with van der Waals surface area (Å²) in [5.41, 5.74) is 0.925. The van der Waals surface area contributed by atoms with Gasteiger partial charge in [-0.2, -0.15) is 5.26 Å². The van der Waals surface area contributed by atoms with Crippen molar-refractivity contribution >= 4 is 29.2 Å². The number of hydrogen-bond acceptors (Lipinski definition) is 5. The number of aliphatic carboxylic acids is 1. The smallest absolute Gasteiger partial charge is 0.325 e. The van der Waals surface area contributed by atoms with E-state index in [1.54, 1.807) is 0 Å². The molecule has 0 spiro atoms. The molecule has 0 radical (unpaired) electrons. The Bertz CT molecular complexity index is 721. The molecule has 8 heteroatoms. The topological polar surface area (TPSA) is 96.7 Å². The summed E-state index contributed by atoms with van der Waals surface area (Å²) in [4.78, 5) is 26.8. The molecule has 1 saturated heterocycles. The molecule has 2 rings (SSSR count). The fraction of sp³-hybridized carbons (Fsp3) is 0.353. The molecule has 1 unspecified atom stereocenters. The molecule has 132 valence electrons. The molecule has 1 aliphatic heterocycles.